The van der Waals surface area contributed by atoms with E-state index in [4.69, 9.17) is 5.73 Å². The molecule has 2 aliphatic rings. The van der Waals surface area contributed by atoms with Crippen molar-refractivity contribution < 1.29 is 4.79 Å². The average molecular weight is 295 g/mol. The summed E-state index contributed by atoms with van der Waals surface area (Å²) in [7, 11) is 0. The first-order chi connectivity index (χ1) is 9.90. The van der Waals surface area contributed by atoms with Crippen molar-refractivity contribution in [2.45, 2.75) is 58.9 Å². The predicted molar refractivity (Wildman–Crippen MR) is 87.0 cm³/mol. The second kappa shape index (κ2) is 7.10. The summed E-state index contributed by atoms with van der Waals surface area (Å²) in [6.45, 7) is 11.3. The molecule has 2 aliphatic heterocycles. The van der Waals surface area contributed by atoms with Gasteiger partial charge in [0.05, 0.1) is 5.92 Å². The number of hydrogen-bond donors (Lipinski definition) is 1. The molecule has 21 heavy (non-hydrogen) atoms. The van der Waals surface area contributed by atoms with Crippen molar-refractivity contribution in [3.63, 3.8) is 0 Å². The van der Waals surface area contributed by atoms with E-state index in [0.29, 0.717) is 12.6 Å². The van der Waals surface area contributed by atoms with Gasteiger partial charge in [-0.1, -0.05) is 20.8 Å². The van der Waals surface area contributed by atoms with Crippen LogP contribution in [0.25, 0.3) is 0 Å². The number of piperidine rings is 1. The molecular weight excluding hydrogens is 262 g/mol. The average Bonchev–Trinajstić information content (AvgIpc) is 2.97. The van der Waals surface area contributed by atoms with Crippen LogP contribution < -0.4 is 5.73 Å². The maximum atomic E-state index is 12.8. The summed E-state index contributed by atoms with van der Waals surface area (Å²) in [6.07, 6.45) is 5.91. The van der Waals surface area contributed by atoms with Crippen LogP contribution in [0.4, 0.5) is 0 Å². The van der Waals surface area contributed by atoms with Crippen LogP contribution in [-0.4, -0.2) is 54.5 Å². The van der Waals surface area contributed by atoms with E-state index in [0.717, 1.165) is 25.9 Å². The second-order valence-corrected chi connectivity index (χ2v) is 8.02. The Bertz CT molecular complexity index is 344. The van der Waals surface area contributed by atoms with Crippen molar-refractivity contribution in [3.05, 3.63) is 0 Å². The van der Waals surface area contributed by atoms with Crippen LogP contribution in [0.1, 0.15) is 52.9 Å². The van der Waals surface area contributed by atoms with Gasteiger partial charge in [-0.25, -0.2) is 0 Å². The van der Waals surface area contributed by atoms with E-state index in [9.17, 15) is 4.79 Å². The zero-order chi connectivity index (χ0) is 15.5. The highest BCUT2D eigenvalue weighted by Gasteiger charge is 2.33. The van der Waals surface area contributed by atoms with Crippen LogP contribution in [0.15, 0.2) is 0 Å². The van der Waals surface area contributed by atoms with Crippen LogP contribution in [-0.2, 0) is 4.79 Å². The molecule has 4 heteroatoms. The predicted octanol–water partition coefficient (Wildman–Crippen LogP) is 2.08. The number of amides is 1. The van der Waals surface area contributed by atoms with Crippen molar-refractivity contribution in [1.82, 2.24) is 9.80 Å². The third kappa shape index (κ3) is 4.68. The third-order valence-electron chi connectivity index (χ3n) is 4.86. The largest absolute Gasteiger partial charge is 0.341 e. The molecule has 0 radical (unpaired) electrons. The van der Waals surface area contributed by atoms with Crippen LogP contribution in [0.5, 0.6) is 0 Å². The Morgan fingerprint density at radius 3 is 2.43 bits per heavy atom. The number of nitrogens with two attached hydrogens (primary N) is 1. The smallest absolute Gasteiger partial charge is 0.227 e. The molecule has 2 atom stereocenters. The molecule has 0 spiro atoms. The molecule has 0 aromatic rings. The summed E-state index contributed by atoms with van der Waals surface area (Å²) < 4.78 is 0. The fraction of sp³-hybridized carbons (Fsp3) is 0.941. The van der Waals surface area contributed by atoms with E-state index in [-0.39, 0.29) is 17.2 Å². The summed E-state index contributed by atoms with van der Waals surface area (Å²) in [5.41, 5.74) is 6.04. The van der Waals surface area contributed by atoms with Gasteiger partial charge in [0.2, 0.25) is 5.91 Å². The van der Waals surface area contributed by atoms with Crippen molar-refractivity contribution in [2.75, 3.05) is 32.7 Å². The first-order valence-corrected chi connectivity index (χ1v) is 8.63. The van der Waals surface area contributed by atoms with Gasteiger partial charge in [0.1, 0.15) is 0 Å². The fourth-order valence-corrected chi connectivity index (χ4v) is 3.83. The van der Waals surface area contributed by atoms with E-state index in [1.807, 2.05) is 0 Å². The molecule has 2 fully saturated rings. The van der Waals surface area contributed by atoms with Crippen LogP contribution >= 0.6 is 0 Å². The van der Waals surface area contributed by atoms with E-state index >= 15 is 0 Å². The molecule has 122 valence electrons. The summed E-state index contributed by atoms with van der Waals surface area (Å²) in [6, 6.07) is 0.582. The van der Waals surface area contributed by atoms with E-state index in [2.05, 4.69) is 30.6 Å². The fourth-order valence-electron chi connectivity index (χ4n) is 3.83. The molecule has 1 amide bonds. The van der Waals surface area contributed by atoms with Gasteiger partial charge in [0.15, 0.2) is 0 Å². The molecule has 2 unspecified atom stereocenters. The van der Waals surface area contributed by atoms with Gasteiger partial charge in [-0.15, -0.1) is 0 Å². The molecule has 0 aromatic carbocycles. The highest BCUT2D eigenvalue weighted by Crippen LogP contribution is 2.27. The molecule has 2 heterocycles. The zero-order valence-electron chi connectivity index (χ0n) is 14.1. The monoisotopic (exact) mass is 295 g/mol. The van der Waals surface area contributed by atoms with Gasteiger partial charge in [-0.3, -0.25) is 9.69 Å². The Balaban J connectivity index is 1.93. The lowest BCUT2D eigenvalue weighted by Gasteiger charge is -2.39. The zero-order valence-corrected chi connectivity index (χ0v) is 14.1. The van der Waals surface area contributed by atoms with Crippen LogP contribution in [0, 0.1) is 11.3 Å². The highest BCUT2D eigenvalue weighted by molar-refractivity contribution is 5.79. The SMILES string of the molecule is CC(C)(C)CC(CN)C(=O)N1CCCC(N2CCCC2)C1. The number of rotatable bonds is 4. The lowest BCUT2D eigenvalue weighted by molar-refractivity contribution is -0.138. The normalized spacial score (nSPS) is 26.1. The number of hydrogen-bond acceptors (Lipinski definition) is 3. The number of carbonyl (C=O) groups is 1. The van der Waals surface area contributed by atoms with Gasteiger partial charge >= 0.3 is 0 Å². The highest BCUT2D eigenvalue weighted by atomic mass is 16.2. The molecule has 2 N–H and O–H groups in total. The molecule has 0 aromatic heterocycles. The molecule has 0 bridgehead atoms. The second-order valence-electron chi connectivity index (χ2n) is 8.02. The van der Waals surface area contributed by atoms with E-state index < -0.39 is 0 Å². The molecule has 2 rings (SSSR count). The van der Waals surface area contributed by atoms with Gasteiger partial charge in [-0.05, 0) is 50.6 Å². The Labute approximate surface area is 130 Å². The minimum atomic E-state index is -0.0117. The Hall–Kier alpha value is -0.610. The standard InChI is InChI=1S/C17H33N3O/c1-17(2,3)11-14(12-18)16(21)20-10-6-7-15(13-20)19-8-4-5-9-19/h14-15H,4-13,18H2,1-3H3. The minimum absolute atomic E-state index is 0.0117. The number of likely N-dealkylation sites (tertiary alicyclic amines) is 2. The van der Waals surface area contributed by atoms with Crippen molar-refractivity contribution in [3.8, 4) is 0 Å². The van der Waals surface area contributed by atoms with E-state index in [1.54, 1.807) is 0 Å². The van der Waals surface area contributed by atoms with Crippen LogP contribution in [0.2, 0.25) is 0 Å². The van der Waals surface area contributed by atoms with Crippen molar-refractivity contribution in [2.24, 2.45) is 17.1 Å². The topological polar surface area (TPSA) is 49.6 Å². The van der Waals surface area contributed by atoms with Gasteiger partial charge in [0.25, 0.3) is 0 Å². The van der Waals surface area contributed by atoms with Crippen LogP contribution in [0.3, 0.4) is 0 Å². The Morgan fingerprint density at radius 2 is 1.86 bits per heavy atom. The summed E-state index contributed by atoms with van der Waals surface area (Å²) in [4.78, 5) is 17.5. The quantitative estimate of drug-likeness (QED) is 0.864. The molecule has 2 saturated heterocycles. The van der Waals surface area contributed by atoms with Gasteiger partial charge in [-0.2, -0.15) is 0 Å². The summed E-state index contributed by atoms with van der Waals surface area (Å²) >= 11 is 0. The van der Waals surface area contributed by atoms with Crippen molar-refractivity contribution >= 4 is 5.91 Å². The first kappa shape index (κ1) is 16.8. The lowest BCUT2D eigenvalue weighted by Crippen LogP contribution is -2.51. The summed E-state index contributed by atoms with van der Waals surface area (Å²) in [5, 5.41) is 0. The molecule has 0 saturated carbocycles. The lowest BCUT2D eigenvalue weighted by atomic mass is 9.83. The summed E-state index contributed by atoms with van der Waals surface area (Å²) in [5.74, 6) is 0.277. The maximum absolute atomic E-state index is 12.8. The Morgan fingerprint density at radius 1 is 1.19 bits per heavy atom. The number of nitrogens with zero attached hydrogens (tertiary/aromatic N) is 2. The van der Waals surface area contributed by atoms with Crippen molar-refractivity contribution in [1.29, 1.82) is 0 Å². The first-order valence-electron chi connectivity index (χ1n) is 8.63. The molecular formula is C17H33N3O. The third-order valence-corrected chi connectivity index (χ3v) is 4.86. The minimum Gasteiger partial charge on any atom is -0.341 e. The van der Waals surface area contributed by atoms with Gasteiger partial charge < -0.3 is 10.6 Å². The molecule has 0 aliphatic carbocycles. The van der Waals surface area contributed by atoms with E-state index in [1.165, 1.54) is 32.4 Å². The Kier molecular flexibility index (Phi) is 5.67. The maximum Gasteiger partial charge on any atom is 0.227 e. The molecule has 4 nitrogen and oxygen atoms in total. The number of carbonyl (C=O) groups excluding carboxylic acids is 1. The van der Waals surface area contributed by atoms with Gasteiger partial charge in [0, 0.05) is 25.7 Å².